The maximum absolute atomic E-state index is 5.81. The minimum atomic E-state index is 0.725. The van der Waals surface area contributed by atoms with Crippen LogP contribution in [-0.4, -0.2) is 0 Å². The Bertz CT molecular complexity index is 363. The topological polar surface area (TPSA) is 9.23 Å². The third kappa shape index (κ3) is 3.45. The van der Waals surface area contributed by atoms with Crippen LogP contribution >= 0.6 is 11.6 Å². The van der Waals surface area contributed by atoms with Crippen LogP contribution in [0.4, 0.5) is 0 Å². The Morgan fingerprint density at radius 2 is 2.00 bits per heavy atom. The monoisotopic (exact) mass is 222 g/mol. The molecule has 0 spiro atoms. The Kier molecular flexibility index (Phi) is 4.44. The largest absolute Gasteiger partial charge is 0.462 e. The van der Waals surface area contributed by atoms with Gasteiger partial charge in [-0.3, -0.25) is 0 Å². The molecule has 15 heavy (non-hydrogen) atoms. The number of rotatable bonds is 4. The molecular weight excluding hydrogens is 208 g/mol. The summed E-state index contributed by atoms with van der Waals surface area (Å²) in [5.41, 5.74) is 1.01. The molecule has 0 fully saturated rings. The molecule has 0 radical (unpaired) electrons. The summed E-state index contributed by atoms with van der Waals surface area (Å²) in [6.45, 7) is 7.76. The summed E-state index contributed by atoms with van der Waals surface area (Å²) in [7, 11) is 0. The van der Waals surface area contributed by atoms with Crippen molar-refractivity contribution in [1.82, 2.24) is 0 Å². The normalized spacial score (nSPS) is 11.3. The highest BCUT2D eigenvalue weighted by Gasteiger charge is 2.02. The quantitative estimate of drug-likeness (QED) is 0.675. The summed E-state index contributed by atoms with van der Waals surface area (Å²) >= 11 is 5.81. The molecule has 1 nitrogen and oxygen atoms in total. The fraction of sp³-hybridized carbons (Fsp3) is 0.231. The van der Waals surface area contributed by atoms with Crippen LogP contribution in [0.3, 0.4) is 0 Å². The van der Waals surface area contributed by atoms with E-state index in [4.69, 9.17) is 16.3 Å². The minimum absolute atomic E-state index is 0.725. The van der Waals surface area contributed by atoms with Crippen molar-refractivity contribution in [2.24, 2.45) is 0 Å². The van der Waals surface area contributed by atoms with Crippen molar-refractivity contribution in [3.63, 3.8) is 0 Å². The lowest BCUT2D eigenvalue weighted by atomic mass is 10.2. The first-order valence-corrected chi connectivity index (χ1v) is 5.33. The Morgan fingerprint density at radius 3 is 2.47 bits per heavy atom. The molecule has 0 N–H and O–H groups in total. The lowest BCUT2D eigenvalue weighted by Gasteiger charge is -2.10. The van der Waals surface area contributed by atoms with E-state index in [0.29, 0.717) is 0 Å². The maximum Gasteiger partial charge on any atom is 0.129 e. The Morgan fingerprint density at radius 1 is 1.40 bits per heavy atom. The van der Waals surface area contributed by atoms with E-state index >= 15 is 0 Å². The van der Waals surface area contributed by atoms with Crippen molar-refractivity contribution in [2.75, 3.05) is 0 Å². The standard InChI is InChI=1S/C13H15ClO/c1-4-10(3)15-13(5-2)11-6-8-12(14)9-7-11/h5-9H,3-4H2,1-2H3/b13-5-. The molecule has 0 saturated heterocycles. The van der Waals surface area contributed by atoms with Crippen molar-refractivity contribution in [1.29, 1.82) is 0 Å². The maximum atomic E-state index is 5.81. The van der Waals surface area contributed by atoms with Gasteiger partial charge in [0.2, 0.25) is 0 Å². The van der Waals surface area contributed by atoms with Crippen molar-refractivity contribution in [3.8, 4) is 0 Å². The molecule has 80 valence electrons. The zero-order valence-corrected chi connectivity index (χ0v) is 9.84. The third-order valence-electron chi connectivity index (χ3n) is 2.04. The zero-order valence-electron chi connectivity index (χ0n) is 9.09. The van der Waals surface area contributed by atoms with Gasteiger partial charge in [-0.25, -0.2) is 0 Å². The molecule has 0 unspecified atom stereocenters. The number of allylic oxidation sites excluding steroid dienone is 2. The molecule has 1 aromatic carbocycles. The molecule has 1 aromatic rings. The molecular formula is C13H15ClO. The fourth-order valence-electron chi connectivity index (χ4n) is 1.13. The molecule has 0 heterocycles. The number of halogens is 1. The van der Waals surface area contributed by atoms with Crippen molar-refractivity contribution in [2.45, 2.75) is 20.3 Å². The predicted octanol–water partition coefficient (Wildman–Crippen LogP) is 4.64. The first kappa shape index (κ1) is 11.9. The van der Waals surface area contributed by atoms with Crippen LogP contribution in [-0.2, 0) is 4.74 Å². The van der Waals surface area contributed by atoms with Gasteiger partial charge < -0.3 is 4.74 Å². The summed E-state index contributed by atoms with van der Waals surface area (Å²) in [4.78, 5) is 0. The molecule has 0 atom stereocenters. The van der Waals surface area contributed by atoms with Gasteiger partial charge in [0.1, 0.15) is 5.76 Å². The highest BCUT2D eigenvalue weighted by molar-refractivity contribution is 6.30. The second-order valence-electron chi connectivity index (χ2n) is 3.15. The van der Waals surface area contributed by atoms with E-state index in [1.807, 2.05) is 44.2 Å². The molecule has 0 saturated carbocycles. The second kappa shape index (κ2) is 5.62. The van der Waals surface area contributed by atoms with E-state index in [0.717, 1.165) is 28.5 Å². The SMILES string of the molecule is C=C(CC)O/C(=C\C)c1ccc(Cl)cc1. The minimum Gasteiger partial charge on any atom is -0.462 e. The van der Waals surface area contributed by atoms with Gasteiger partial charge >= 0.3 is 0 Å². The van der Waals surface area contributed by atoms with Crippen LogP contribution in [0.2, 0.25) is 5.02 Å². The number of ether oxygens (including phenoxy) is 1. The lowest BCUT2D eigenvalue weighted by molar-refractivity contribution is 0.370. The van der Waals surface area contributed by atoms with Crippen LogP contribution in [0.25, 0.3) is 5.76 Å². The fourth-order valence-corrected chi connectivity index (χ4v) is 1.25. The van der Waals surface area contributed by atoms with Crippen LogP contribution < -0.4 is 0 Å². The van der Waals surface area contributed by atoms with Gasteiger partial charge in [0.15, 0.2) is 0 Å². The van der Waals surface area contributed by atoms with Gasteiger partial charge in [0.05, 0.1) is 5.76 Å². The predicted molar refractivity (Wildman–Crippen MR) is 65.6 cm³/mol. The van der Waals surface area contributed by atoms with E-state index < -0.39 is 0 Å². The van der Waals surface area contributed by atoms with Crippen molar-refractivity contribution in [3.05, 3.63) is 53.3 Å². The summed E-state index contributed by atoms with van der Waals surface area (Å²) < 4.78 is 5.60. The van der Waals surface area contributed by atoms with E-state index in [1.165, 1.54) is 0 Å². The highest BCUT2D eigenvalue weighted by atomic mass is 35.5. The van der Waals surface area contributed by atoms with E-state index in [9.17, 15) is 0 Å². The molecule has 0 amide bonds. The smallest absolute Gasteiger partial charge is 0.129 e. The molecule has 0 aliphatic heterocycles. The van der Waals surface area contributed by atoms with Gasteiger partial charge in [-0.15, -0.1) is 0 Å². The molecule has 0 aromatic heterocycles. The molecule has 1 rings (SSSR count). The van der Waals surface area contributed by atoms with Crippen LogP contribution in [0.1, 0.15) is 25.8 Å². The van der Waals surface area contributed by atoms with Crippen LogP contribution in [0, 0.1) is 0 Å². The average molecular weight is 223 g/mol. The Labute approximate surface area is 96.0 Å². The summed E-state index contributed by atoms with van der Waals surface area (Å²) in [5.74, 6) is 1.58. The number of hydrogen-bond donors (Lipinski definition) is 0. The van der Waals surface area contributed by atoms with E-state index in [2.05, 4.69) is 6.58 Å². The molecule has 0 aliphatic rings. The summed E-state index contributed by atoms with van der Waals surface area (Å²) in [6.07, 6.45) is 2.73. The second-order valence-corrected chi connectivity index (χ2v) is 3.59. The van der Waals surface area contributed by atoms with E-state index in [1.54, 1.807) is 0 Å². The number of benzene rings is 1. The Balaban J connectivity index is 2.84. The highest BCUT2D eigenvalue weighted by Crippen LogP contribution is 2.21. The first-order chi connectivity index (χ1) is 7.17. The van der Waals surface area contributed by atoms with Gasteiger partial charge in [-0.1, -0.05) is 25.1 Å². The third-order valence-corrected chi connectivity index (χ3v) is 2.29. The average Bonchev–Trinajstić information content (AvgIpc) is 2.27. The zero-order chi connectivity index (χ0) is 11.3. The van der Waals surface area contributed by atoms with Gasteiger partial charge in [0, 0.05) is 17.0 Å². The summed E-state index contributed by atoms with van der Waals surface area (Å²) in [5, 5.41) is 0.725. The van der Waals surface area contributed by atoms with Crippen LogP contribution in [0.5, 0.6) is 0 Å². The number of hydrogen-bond acceptors (Lipinski definition) is 1. The van der Waals surface area contributed by atoms with Gasteiger partial charge in [-0.05, 0) is 37.3 Å². The van der Waals surface area contributed by atoms with Crippen molar-refractivity contribution >= 4 is 17.4 Å². The van der Waals surface area contributed by atoms with E-state index in [-0.39, 0.29) is 0 Å². The Hall–Kier alpha value is -1.21. The van der Waals surface area contributed by atoms with Crippen molar-refractivity contribution < 1.29 is 4.74 Å². The summed E-state index contributed by atoms with van der Waals surface area (Å²) in [6, 6.07) is 7.55. The molecule has 2 heteroatoms. The molecule has 0 bridgehead atoms. The molecule has 0 aliphatic carbocycles. The first-order valence-electron chi connectivity index (χ1n) is 4.95. The van der Waals surface area contributed by atoms with Gasteiger partial charge in [0.25, 0.3) is 0 Å². The van der Waals surface area contributed by atoms with Crippen LogP contribution in [0.15, 0.2) is 42.7 Å². The van der Waals surface area contributed by atoms with Gasteiger partial charge in [-0.2, -0.15) is 0 Å². The lowest BCUT2D eigenvalue weighted by Crippen LogP contribution is -1.91.